The molecule has 0 bridgehead atoms. The summed E-state index contributed by atoms with van der Waals surface area (Å²) >= 11 is 0. The van der Waals surface area contributed by atoms with E-state index >= 15 is 0 Å². The second kappa shape index (κ2) is 3.87. The minimum absolute atomic E-state index is 0.111. The number of aliphatic hydroxyl groups is 1. The second-order valence-electron chi connectivity index (χ2n) is 6.89. The van der Waals surface area contributed by atoms with Crippen LogP contribution < -0.4 is 0 Å². The van der Waals surface area contributed by atoms with Crippen LogP contribution in [0.5, 0.6) is 0 Å². The van der Waals surface area contributed by atoms with Crippen molar-refractivity contribution in [2.24, 2.45) is 16.7 Å². The van der Waals surface area contributed by atoms with Crippen LogP contribution in [0.4, 0.5) is 0 Å². The van der Waals surface area contributed by atoms with Crippen LogP contribution in [-0.4, -0.2) is 11.2 Å². The van der Waals surface area contributed by atoms with Crippen LogP contribution >= 0.6 is 0 Å². The van der Waals surface area contributed by atoms with Crippen LogP contribution in [0.3, 0.4) is 0 Å². The largest absolute Gasteiger partial charge is 0.393 e. The summed E-state index contributed by atoms with van der Waals surface area (Å²) in [6.07, 6.45) is 8.12. The van der Waals surface area contributed by atoms with Gasteiger partial charge in [0, 0.05) is 5.41 Å². The van der Waals surface area contributed by atoms with Crippen molar-refractivity contribution in [1.82, 2.24) is 0 Å². The molecular formula is C15H26O. The maximum Gasteiger partial charge on any atom is 0.0602 e. The molecule has 0 aromatic rings. The zero-order valence-corrected chi connectivity index (χ0v) is 11.2. The molecule has 0 aromatic heterocycles. The van der Waals surface area contributed by atoms with E-state index in [9.17, 15) is 5.11 Å². The minimum Gasteiger partial charge on any atom is -0.393 e. The Morgan fingerprint density at radius 2 is 1.94 bits per heavy atom. The van der Waals surface area contributed by atoms with Crippen molar-refractivity contribution >= 4 is 0 Å². The zero-order valence-electron chi connectivity index (χ0n) is 11.2. The highest BCUT2D eigenvalue weighted by molar-refractivity contribution is 5.15. The van der Waals surface area contributed by atoms with Crippen LogP contribution in [0.1, 0.15) is 59.8 Å². The highest BCUT2D eigenvalue weighted by Gasteiger charge is 2.49. The molecule has 2 rings (SSSR count). The summed E-state index contributed by atoms with van der Waals surface area (Å²) in [4.78, 5) is 0. The molecule has 2 aliphatic rings. The van der Waals surface area contributed by atoms with Gasteiger partial charge in [-0.3, -0.25) is 0 Å². The third-order valence-corrected chi connectivity index (χ3v) is 5.11. The van der Waals surface area contributed by atoms with Crippen LogP contribution in [0.15, 0.2) is 11.6 Å². The van der Waals surface area contributed by atoms with E-state index in [2.05, 4.69) is 33.8 Å². The smallest absolute Gasteiger partial charge is 0.0602 e. The standard InChI is InChI=1S/C15H26O/c1-11-6-7-13(16)15(4)9-5-8-14(2,3)12(15)10-11/h10,12-13,16H,5-9H2,1-4H3. The maximum absolute atomic E-state index is 10.5. The molecule has 0 aromatic carbocycles. The summed E-state index contributed by atoms with van der Waals surface area (Å²) in [6, 6.07) is 0. The van der Waals surface area contributed by atoms with Crippen LogP contribution in [0.25, 0.3) is 0 Å². The van der Waals surface area contributed by atoms with E-state index in [-0.39, 0.29) is 11.5 Å². The molecule has 0 saturated heterocycles. The lowest BCUT2D eigenvalue weighted by Gasteiger charge is -2.51. The number of rotatable bonds is 0. The van der Waals surface area contributed by atoms with Gasteiger partial charge >= 0.3 is 0 Å². The van der Waals surface area contributed by atoms with Crippen LogP contribution in [0, 0.1) is 16.7 Å². The quantitative estimate of drug-likeness (QED) is 0.616. The van der Waals surface area contributed by atoms with Gasteiger partial charge in [-0.15, -0.1) is 0 Å². The molecule has 1 N–H and O–H groups in total. The van der Waals surface area contributed by atoms with Crippen molar-refractivity contribution in [3.8, 4) is 0 Å². The topological polar surface area (TPSA) is 20.2 Å². The molecule has 1 saturated carbocycles. The van der Waals surface area contributed by atoms with Gasteiger partial charge in [-0.25, -0.2) is 0 Å². The average molecular weight is 222 g/mol. The third-order valence-electron chi connectivity index (χ3n) is 5.11. The Hall–Kier alpha value is -0.300. The summed E-state index contributed by atoms with van der Waals surface area (Å²) in [5.41, 5.74) is 1.93. The lowest BCUT2D eigenvalue weighted by molar-refractivity contribution is -0.0643. The third kappa shape index (κ3) is 1.84. The number of hydrogen-bond donors (Lipinski definition) is 1. The number of fused-ring (bicyclic) bond motifs is 1. The molecule has 0 amide bonds. The molecule has 0 heterocycles. The monoisotopic (exact) mass is 222 g/mol. The Balaban J connectivity index is 2.41. The summed E-state index contributed by atoms with van der Waals surface area (Å²) in [5, 5.41) is 10.5. The van der Waals surface area contributed by atoms with Crippen molar-refractivity contribution in [1.29, 1.82) is 0 Å². The van der Waals surface area contributed by atoms with E-state index in [1.54, 1.807) is 0 Å². The fraction of sp³-hybridized carbons (Fsp3) is 0.867. The van der Waals surface area contributed by atoms with Crippen molar-refractivity contribution in [3.63, 3.8) is 0 Å². The fourth-order valence-electron chi connectivity index (χ4n) is 3.98. The van der Waals surface area contributed by atoms with E-state index in [1.807, 2.05) is 0 Å². The highest BCUT2D eigenvalue weighted by Crippen LogP contribution is 2.55. The van der Waals surface area contributed by atoms with E-state index in [0.717, 1.165) is 12.8 Å². The summed E-state index contributed by atoms with van der Waals surface area (Å²) in [5.74, 6) is 0.547. The Morgan fingerprint density at radius 3 is 2.62 bits per heavy atom. The molecule has 3 atom stereocenters. The summed E-state index contributed by atoms with van der Waals surface area (Å²) in [6.45, 7) is 9.27. The molecule has 1 fully saturated rings. The number of aliphatic hydroxyl groups excluding tert-OH is 1. The highest BCUT2D eigenvalue weighted by atomic mass is 16.3. The SMILES string of the molecule is CC1=CC2C(C)(C)CCCC2(C)C(O)CC1. The van der Waals surface area contributed by atoms with Gasteiger partial charge in [0.2, 0.25) is 0 Å². The van der Waals surface area contributed by atoms with E-state index in [1.165, 1.54) is 24.8 Å². The number of allylic oxidation sites excluding steroid dienone is 2. The number of hydrogen-bond acceptors (Lipinski definition) is 1. The van der Waals surface area contributed by atoms with Crippen molar-refractivity contribution in [2.75, 3.05) is 0 Å². The van der Waals surface area contributed by atoms with Gasteiger partial charge in [0.05, 0.1) is 6.10 Å². The normalized spacial score (nSPS) is 43.2. The van der Waals surface area contributed by atoms with Crippen molar-refractivity contribution in [3.05, 3.63) is 11.6 Å². The molecule has 1 nitrogen and oxygen atoms in total. The lowest BCUT2D eigenvalue weighted by atomic mass is 9.54. The first-order valence-electron chi connectivity index (χ1n) is 6.72. The molecule has 2 aliphatic carbocycles. The lowest BCUT2D eigenvalue weighted by Crippen LogP contribution is -2.47. The molecule has 3 unspecified atom stereocenters. The average Bonchev–Trinajstić information content (AvgIpc) is 2.29. The van der Waals surface area contributed by atoms with E-state index in [0.29, 0.717) is 11.3 Å². The van der Waals surface area contributed by atoms with Gasteiger partial charge in [-0.2, -0.15) is 0 Å². The van der Waals surface area contributed by atoms with Gasteiger partial charge < -0.3 is 5.11 Å². The molecular weight excluding hydrogens is 196 g/mol. The van der Waals surface area contributed by atoms with Gasteiger partial charge in [0.25, 0.3) is 0 Å². The second-order valence-corrected chi connectivity index (χ2v) is 6.89. The molecule has 16 heavy (non-hydrogen) atoms. The molecule has 92 valence electrons. The van der Waals surface area contributed by atoms with Gasteiger partial charge in [0.1, 0.15) is 0 Å². The Labute approximate surface area is 99.9 Å². The summed E-state index contributed by atoms with van der Waals surface area (Å²) in [7, 11) is 0. The Kier molecular flexibility index (Phi) is 2.94. The maximum atomic E-state index is 10.5. The van der Waals surface area contributed by atoms with E-state index in [4.69, 9.17) is 0 Å². The first kappa shape index (κ1) is 12.2. The van der Waals surface area contributed by atoms with Crippen LogP contribution in [0.2, 0.25) is 0 Å². The molecule has 0 aliphatic heterocycles. The van der Waals surface area contributed by atoms with Crippen molar-refractivity contribution < 1.29 is 5.11 Å². The van der Waals surface area contributed by atoms with Gasteiger partial charge in [-0.05, 0) is 43.9 Å². The van der Waals surface area contributed by atoms with E-state index < -0.39 is 0 Å². The molecule has 0 radical (unpaired) electrons. The van der Waals surface area contributed by atoms with Crippen LogP contribution in [-0.2, 0) is 0 Å². The summed E-state index contributed by atoms with van der Waals surface area (Å²) < 4.78 is 0. The van der Waals surface area contributed by atoms with Crippen molar-refractivity contribution in [2.45, 2.75) is 65.9 Å². The predicted octanol–water partition coefficient (Wildman–Crippen LogP) is 3.92. The van der Waals surface area contributed by atoms with Gasteiger partial charge in [-0.1, -0.05) is 38.8 Å². The fourth-order valence-corrected chi connectivity index (χ4v) is 3.98. The first-order chi connectivity index (χ1) is 7.36. The molecule has 1 heteroatoms. The first-order valence-corrected chi connectivity index (χ1v) is 6.72. The minimum atomic E-state index is -0.120. The Bertz CT molecular complexity index is 303. The Morgan fingerprint density at radius 1 is 1.25 bits per heavy atom. The van der Waals surface area contributed by atoms with Gasteiger partial charge in [0.15, 0.2) is 0 Å². The molecule has 0 spiro atoms. The predicted molar refractivity (Wildman–Crippen MR) is 68.2 cm³/mol. The zero-order chi connectivity index (χ0) is 12.0.